The third kappa shape index (κ3) is 3.60. The van der Waals surface area contributed by atoms with Gasteiger partial charge in [-0.2, -0.15) is 0 Å². The molecule has 0 atom stereocenters. The van der Waals surface area contributed by atoms with E-state index in [1.165, 1.54) is 11.8 Å². The van der Waals surface area contributed by atoms with E-state index >= 15 is 0 Å². The van der Waals surface area contributed by atoms with Gasteiger partial charge in [0.2, 0.25) is 0 Å². The molecule has 0 amide bonds. The first-order valence-corrected chi connectivity index (χ1v) is 9.10. The molecule has 1 aliphatic heterocycles. The lowest BCUT2D eigenvalue weighted by atomic mass is 10.1. The fraction of sp³-hybridized carbons (Fsp3) is 0.750. The van der Waals surface area contributed by atoms with Crippen molar-refractivity contribution in [3.63, 3.8) is 0 Å². The first-order valence-electron chi connectivity index (χ1n) is 6.63. The van der Waals surface area contributed by atoms with Crippen molar-refractivity contribution in [1.29, 1.82) is 0 Å². The highest BCUT2D eigenvalue weighted by atomic mass is 32.2. The smallest absolute Gasteiger partial charge is 0.313 e. The van der Waals surface area contributed by atoms with Crippen molar-refractivity contribution in [2.45, 2.75) is 43.8 Å². The molecule has 8 heteroatoms. The van der Waals surface area contributed by atoms with Crippen LogP contribution in [0, 0.1) is 0 Å². The number of nitrogens with zero attached hydrogens (tertiary/aromatic N) is 3. The number of carboxylic acid groups (broad SMARTS) is 1. The molecular weight excluding hydrogens is 298 g/mol. The Balaban J connectivity index is 2.24. The van der Waals surface area contributed by atoms with Crippen LogP contribution in [0.5, 0.6) is 0 Å². The van der Waals surface area contributed by atoms with Crippen LogP contribution < -0.4 is 0 Å². The summed E-state index contributed by atoms with van der Waals surface area (Å²) in [7, 11) is -0.713. The van der Waals surface area contributed by atoms with E-state index in [0.717, 1.165) is 18.7 Å². The molecule has 0 aliphatic carbocycles. The predicted molar refractivity (Wildman–Crippen MR) is 78.6 cm³/mol. The molecule has 112 valence electrons. The zero-order valence-corrected chi connectivity index (χ0v) is 13.2. The van der Waals surface area contributed by atoms with Crippen molar-refractivity contribution < 1.29 is 14.1 Å². The Bertz CT molecular complexity index is 506. The van der Waals surface area contributed by atoms with Crippen molar-refractivity contribution in [3.8, 4) is 0 Å². The van der Waals surface area contributed by atoms with Gasteiger partial charge in [-0.25, -0.2) is 0 Å². The standard InChI is InChI=1S/C12H19N3O3S2/c1-8(2)11-13-14-12(19-7-10(16)17)15(11)9-3-5-20(18)6-4-9/h8-9H,3-7H2,1-2H3,(H,16,17). The summed E-state index contributed by atoms with van der Waals surface area (Å²) in [6.45, 7) is 4.10. The molecule has 1 N–H and O–H groups in total. The average molecular weight is 317 g/mol. The molecule has 2 heterocycles. The van der Waals surface area contributed by atoms with Gasteiger partial charge in [0.1, 0.15) is 5.82 Å². The van der Waals surface area contributed by atoms with Crippen molar-refractivity contribution in [1.82, 2.24) is 14.8 Å². The molecule has 6 nitrogen and oxygen atoms in total. The van der Waals surface area contributed by atoms with E-state index in [1.54, 1.807) is 0 Å². The highest BCUT2D eigenvalue weighted by molar-refractivity contribution is 7.99. The van der Waals surface area contributed by atoms with Crippen LogP contribution in [0.1, 0.15) is 44.5 Å². The van der Waals surface area contributed by atoms with E-state index < -0.39 is 16.8 Å². The van der Waals surface area contributed by atoms with Crippen LogP contribution in [-0.2, 0) is 15.6 Å². The zero-order valence-electron chi connectivity index (χ0n) is 11.6. The lowest BCUT2D eigenvalue weighted by Crippen LogP contribution is -2.24. The molecule has 0 radical (unpaired) electrons. The van der Waals surface area contributed by atoms with Gasteiger partial charge >= 0.3 is 5.97 Å². The summed E-state index contributed by atoms with van der Waals surface area (Å²) < 4.78 is 13.5. The molecule has 0 unspecified atom stereocenters. The second-order valence-electron chi connectivity index (χ2n) is 5.13. The molecule has 0 aromatic carbocycles. The molecular formula is C12H19N3O3S2. The molecule has 1 fully saturated rings. The molecule has 2 rings (SSSR count). The Morgan fingerprint density at radius 2 is 2.10 bits per heavy atom. The van der Waals surface area contributed by atoms with Crippen molar-refractivity contribution in [3.05, 3.63) is 5.82 Å². The average Bonchev–Trinajstić information content (AvgIpc) is 2.81. The van der Waals surface area contributed by atoms with E-state index in [0.29, 0.717) is 16.7 Å². The monoisotopic (exact) mass is 317 g/mol. The van der Waals surface area contributed by atoms with Gasteiger partial charge in [-0.05, 0) is 12.8 Å². The van der Waals surface area contributed by atoms with Crippen molar-refractivity contribution >= 4 is 28.5 Å². The fourth-order valence-corrected chi connectivity index (χ4v) is 4.30. The van der Waals surface area contributed by atoms with Gasteiger partial charge in [0.25, 0.3) is 0 Å². The second-order valence-corrected chi connectivity index (χ2v) is 7.77. The van der Waals surface area contributed by atoms with Crippen LogP contribution in [0.3, 0.4) is 0 Å². The summed E-state index contributed by atoms with van der Waals surface area (Å²) in [5.74, 6) is 1.63. The van der Waals surface area contributed by atoms with Gasteiger partial charge < -0.3 is 9.67 Å². The van der Waals surface area contributed by atoms with Gasteiger partial charge in [-0.3, -0.25) is 9.00 Å². The lowest BCUT2D eigenvalue weighted by Gasteiger charge is -2.26. The summed E-state index contributed by atoms with van der Waals surface area (Å²) >= 11 is 1.20. The fourth-order valence-electron chi connectivity index (χ4n) is 2.29. The Morgan fingerprint density at radius 3 is 2.65 bits per heavy atom. The highest BCUT2D eigenvalue weighted by Gasteiger charge is 2.26. The minimum Gasteiger partial charge on any atom is -0.481 e. The molecule has 0 bridgehead atoms. The SMILES string of the molecule is CC(C)c1nnc(SCC(=O)O)n1C1CCS(=O)CC1. The van der Waals surface area contributed by atoms with E-state index in [4.69, 9.17) is 5.11 Å². The van der Waals surface area contributed by atoms with E-state index in [2.05, 4.69) is 14.8 Å². The number of thioether (sulfide) groups is 1. The van der Waals surface area contributed by atoms with Crippen LogP contribution in [0.25, 0.3) is 0 Å². The summed E-state index contributed by atoms with van der Waals surface area (Å²) in [6.07, 6.45) is 1.68. The Kier molecular flexibility index (Phi) is 5.20. The van der Waals surface area contributed by atoms with Gasteiger partial charge in [-0.15, -0.1) is 10.2 Å². The quantitative estimate of drug-likeness (QED) is 0.831. The lowest BCUT2D eigenvalue weighted by molar-refractivity contribution is -0.133. The van der Waals surface area contributed by atoms with Gasteiger partial charge in [0, 0.05) is 34.3 Å². The molecule has 0 spiro atoms. The van der Waals surface area contributed by atoms with Crippen molar-refractivity contribution in [2.75, 3.05) is 17.3 Å². The van der Waals surface area contributed by atoms with E-state index in [9.17, 15) is 9.00 Å². The largest absolute Gasteiger partial charge is 0.481 e. The maximum absolute atomic E-state index is 11.5. The third-order valence-electron chi connectivity index (χ3n) is 3.25. The number of aromatic nitrogens is 3. The minimum atomic E-state index is -0.861. The Hall–Kier alpha value is -0.890. The summed E-state index contributed by atoms with van der Waals surface area (Å²) in [5.41, 5.74) is 0. The molecule has 1 aromatic rings. The Labute approximate surface area is 124 Å². The Morgan fingerprint density at radius 1 is 1.45 bits per heavy atom. The second kappa shape index (κ2) is 6.71. The van der Waals surface area contributed by atoms with Gasteiger partial charge in [0.05, 0.1) is 5.75 Å². The summed E-state index contributed by atoms with van der Waals surface area (Å²) in [6, 6.07) is 0.233. The van der Waals surface area contributed by atoms with Crippen molar-refractivity contribution in [2.24, 2.45) is 0 Å². The van der Waals surface area contributed by atoms with Crippen LogP contribution in [-0.4, -0.2) is 47.3 Å². The maximum atomic E-state index is 11.5. The van der Waals surface area contributed by atoms with Gasteiger partial charge in [0.15, 0.2) is 5.16 Å². The number of hydrogen-bond donors (Lipinski definition) is 1. The highest BCUT2D eigenvalue weighted by Crippen LogP contribution is 2.31. The molecule has 1 aliphatic rings. The van der Waals surface area contributed by atoms with Gasteiger partial charge in [-0.1, -0.05) is 25.6 Å². The first kappa shape index (κ1) is 15.5. The van der Waals surface area contributed by atoms with E-state index in [1.807, 2.05) is 13.8 Å². The summed E-state index contributed by atoms with van der Waals surface area (Å²) in [5, 5.41) is 17.8. The zero-order chi connectivity index (χ0) is 14.7. The third-order valence-corrected chi connectivity index (χ3v) is 5.56. The first-order chi connectivity index (χ1) is 9.49. The minimum absolute atomic E-state index is 0.0190. The number of carboxylic acids is 1. The number of hydrogen-bond acceptors (Lipinski definition) is 5. The number of carbonyl (C=O) groups is 1. The maximum Gasteiger partial charge on any atom is 0.313 e. The van der Waals surface area contributed by atoms with Crippen LogP contribution in [0.15, 0.2) is 5.16 Å². The topological polar surface area (TPSA) is 85.1 Å². The summed E-state index contributed by atoms with van der Waals surface area (Å²) in [4.78, 5) is 10.7. The molecule has 20 heavy (non-hydrogen) atoms. The molecule has 1 saturated heterocycles. The normalized spacial score (nSPS) is 23.1. The van der Waals surface area contributed by atoms with E-state index in [-0.39, 0.29) is 17.7 Å². The molecule has 1 aromatic heterocycles. The predicted octanol–water partition coefficient (Wildman–Crippen LogP) is 1.66. The number of rotatable bonds is 5. The van der Waals surface area contributed by atoms with Crippen LogP contribution in [0.4, 0.5) is 0 Å². The van der Waals surface area contributed by atoms with Crippen LogP contribution >= 0.6 is 11.8 Å². The number of aliphatic carboxylic acids is 1. The van der Waals surface area contributed by atoms with Crippen LogP contribution in [0.2, 0.25) is 0 Å². The molecule has 0 saturated carbocycles.